The van der Waals surface area contributed by atoms with Crippen molar-refractivity contribution in [3.05, 3.63) is 29.3 Å². The number of rotatable bonds is 10. The van der Waals surface area contributed by atoms with E-state index in [2.05, 4.69) is 39.7 Å². The maximum absolute atomic E-state index is 11.9. The Labute approximate surface area is 208 Å². The molecule has 0 spiro atoms. The molecule has 9 heteroatoms. The summed E-state index contributed by atoms with van der Waals surface area (Å²) < 4.78 is 5.90. The minimum absolute atomic E-state index is 0. The minimum Gasteiger partial charge on any atom is -0.489 e. The Hall–Kier alpha value is -1.26. The highest BCUT2D eigenvalue weighted by atomic mass is 127. The maximum Gasteiger partial charge on any atom is 0.234 e. The fraction of sp³-hybridized carbons (Fsp3) is 0.636. The molecule has 1 aromatic rings. The molecule has 2 rings (SSSR count). The average molecular weight is 566 g/mol. The molecule has 1 aliphatic rings. The number of piperidine rings is 1. The molecule has 0 saturated carbocycles. The number of nitrogens with zero attached hydrogens (tertiary/aromatic N) is 2. The molecule has 0 aromatic heterocycles. The molecular weight excluding hydrogens is 529 g/mol. The first kappa shape index (κ1) is 27.8. The molecule has 1 unspecified atom stereocenters. The second-order valence-electron chi connectivity index (χ2n) is 7.65. The summed E-state index contributed by atoms with van der Waals surface area (Å²) in [6.45, 7) is 10.5. The van der Waals surface area contributed by atoms with Crippen LogP contribution in [0.25, 0.3) is 0 Å². The quantitative estimate of drug-likeness (QED) is 0.231. The van der Waals surface area contributed by atoms with E-state index in [-0.39, 0.29) is 36.0 Å². The zero-order valence-corrected chi connectivity index (χ0v) is 21.9. The summed E-state index contributed by atoms with van der Waals surface area (Å²) in [6, 6.07) is 7.75. The first-order valence-corrected chi connectivity index (χ1v) is 11.3. The van der Waals surface area contributed by atoms with Gasteiger partial charge in [0.15, 0.2) is 5.96 Å². The van der Waals surface area contributed by atoms with Gasteiger partial charge in [-0.15, -0.1) is 24.0 Å². The third kappa shape index (κ3) is 11.2. The van der Waals surface area contributed by atoms with E-state index in [1.54, 1.807) is 0 Å². The van der Waals surface area contributed by atoms with Crippen LogP contribution >= 0.6 is 35.6 Å². The molecular formula is C22H37ClIN5O2. The number of aliphatic imine (C=N–C) groups is 1. The monoisotopic (exact) mass is 565 g/mol. The Balaban J connectivity index is 0.00000480. The Morgan fingerprint density at radius 3 is 2.68 bits per heavy atom. The fourth-order valence-corrected chi connectivity index (χ4v) is 3.48. The molecule has 1 amide bonds. The van der Waals surface area contributed by atoms with E-state index in [1.165, 1.54) is 0 Å². The number of hydrogen-bond acceptors (Lipinski definition) is 4. The van der Waals surface area contributed by atoms with Crippen LogP contribution in [0.2, 0.25) is 5.02 Å². The molecule has 1 saturated heterocycles. The Morgan fingerprint density at radius 2 is 2.03 bits per heavy atom. The van der Waals surface area contributed by atoms with E-state index in [0.717, 1.165) is 57.2 Å². The molecule has 1 heterocycles. The molecule has 0 radical (unpaired) electrons. The Kier molecular flexibility index (Phi) is 13.9. The van der Waals surface area contributed by atoms with Gasteiger partial charge in [-0.05, 0) is 51.3 Å². The van der Waals surface area contributed by atoms with Gasteiger partial charge in [0.05, 0.1) is 13.1 Å². The first-order chi connectivity index (χ1) is 14.5. The highest BCUT2D eigenvalue weighted by Crippen LogP contribution is 2.18. The molecule has 176 valence electrons. The van der Waals surface area contributed by atoms with Gasteiger partial charge in [0, 0.05) is 37.2 Å². The largest absolute Gasteiger partial charge is 0.489 e. The number of amides is 1. The van der Waals surface area contributed by atoms with Crippen LogP contribution in [0, 0.1) is 0 Å². The number of hydrogen-bond donors (Lipinski definition) is 3. The van der Waals surface area contributed by atoms with E-state index in [0.29, 0.717) is 24.2 Å². The number of carbonyl (C=O) groups is 1. The van der Waals surface area contributed by atoms with Gasteiger partial charge in [-0.2, -0.15) is 0 Å². The van der Waals surface area contributed by atoms with E-state index >= 15 is 0 Å². The summed E-state index contributed by atoms with van der Waals surface area (Å²) >= 11 is 6.01. The van der Waals surface area contributed by atoms with Crippen molar-refractivity contribution in [2.45, 2.75) is 52.2 Å². The maximum atomic E-state index is 11.9. The van der Waals surface area contributed by atoms with Gasteiger partial charge in [0.1, 0.15) is 11.9 Å². The summed E-state index contributed by atoms with van der Waals surface area (Å²) in [5.74, 6) is 1.67. The van der Waals surface area contributed by atoms with Gasteiger partial charge in [0.2, 0.25) is 5.91 Å². The van der Waals surface area contributed by atoms with Crippen molar-refractivity contribution in [3.63, 3.8) is 0 Å². The second kappa shape index (κ2) is 15.5. The minimum atomic E-state index is -0.0672. The van der Waals surface area contributed by atoms with Crippen molar-refractivity contribution < 1.29 is 9.53 Å². The molecule has 1 fully saturated rings. The van der Waals surface area contributed by atoms with Gasteiger partial charge in [0.25, 0.3) is 0 Å². The SMILES string of the molecule is CCCNC(=O)CN1CCC(NC(=NCC(C)Oc2cccc(Cl)c2)NCC)CC1.I. The zero-order chi connectivity index (χ0) is 21.8. The predicted molar refractivity (Wildman–Crippen MR) is 139 cm³/mol. The third-order valence-corrected chi connectivity index (χ3v) is 5.09. The number of halogens is 2. The molecule has 0 aliphatic carbocycles. The topological polar surface area (TPSA) is 78.0 Å². The first-order valence-electron chi connectivity index (χ1n) is 11.0. The Bertz CT molecular complexity index is 684. The van der Waals surface area contributed by atoms with Crippen LogP contribution in [0.15, 0.2) is 29.3 Å². The number of ether oxygens (including phenoxy) is 1. The molecule has 31 heavy (non-hydrogen) atoms. The van der Waals surface area contributed by atoms with Crippen molar-refractivity contribution >= 4 is 47.4 Å². The Morgan fingerprint density at radius 1 is 1.29 bits per heavy atom. The van der Waals surface area contributed by atoms with Crippen LogP contribution in [-0.4, -0.2) is 68.2 Å². The number of nitrogens with one attached hydrogen (secondary N) is 3. The summed E-state index contributed by atoms with van der Waals surface area (Å²) in [6.07, 6.45) is 2.87. The lowest BCUT2D eigenvalue weighted by molar-refractivity contribution is -0.122. The van der Waals surface area contributed by atoms with E-state index < -0.39 is 0 Å². The van der Waals surface area contributed by atoms with Crippen LogP contribution in [0.1, 0.15) is 40.0 Å². The molecule has 1 aliphatic heterocycles. The van der Waals surface area contributed by atoms with Crippen LogP contribution in [0.3, 0.4) is 0 Å². The predicted octanol–water partition coefficient (Wildman–Crippen LogP) is 3.27. The highest BCUT2D eigenvalue weighted by molar-refractivity contribution is 14.0. The van der Waals surface area contributed by atoms with E-state index in [9.17, 15) is 4.79 Å². The molecule has 1 aromatic carbocycles. The smallest absolute Gasteiger partial charge is 0.234 e. The van der Waals surface area contributed by atoms with Crippen molar-refractivity contribution in [1.82, 2.24) is 20.9 Å². The van der Waals surface area contributed by atoms with Gasteiger partial charge < -0.3 is 20.7 Å². The number of carbonyl (C=O) groups excluding carboxylic acids is 1. The summed E-state index contributed by atoms with van der Waals surface area (Å²) in [5, 5.41) is 10.4. The van der Waals surface area contributed by atoms with Crippen molar-refractivity contribution in [2.24, 2.45) is 4.99 Å². The van der Waals surface area contributed by atoms with Gasteiger partial charge in [-0.1, -0.05) is 24.6 Å². The third-order valence-electron chi connectivity index (χ3n) is 4.85. The van der Waals surface area contributed by atoms with Gasteiger partial charge in [-0.25, -0.2) is 4.99 Å². The second-order valence-corrected chi connectivity index (χ2v) is 8.09. The standard InChI is InChI=1S/C22H36ClN5O2.HI/c1-4-11-25-21(29)16-28-12-9-19(10-13-28)27-22(24-5-2)26-15-17(3)30-20-8-6-7-18(23)14-20;/h6-8,14,17,19H,4-5,9-13,15-16H2,1-3H3,(H,25,29)(H2,24,26,27);1H. The number of benzene rings is 1. The molecule has 1 atom stereocenters. The van der Waals surface area contributed by atoms with Crippen LogP contribution in [0.4, 0.5) is 0 Å². The van der Waals surface area contributed by atoms with E-state index in [1.807, 2.05) is 31.2 Å². The molecule has 0 bridgehead atoms. The van der Waals surface area contributed by atoms with Gasteiger partial charge in [-0.3, -0.25) is 9.69 Å². The summed E-state index contributed by atoms with van der Waals surface area (Å²) in [7, 11) is 0. The van der Waals surface area contributed by atoms with Crippen molar-refractivity contribution in [3.8, 4) is 5.75 Å². The van der Waals surface area contributed by atoms with Crippen LogP contribution < -0.4 is 20.7 Å². The molecule has 3 N–H and O–H groups in total. The van der Waals surface area contributed by atoms with Crippen molar-refractivity contribution in [2.75, 3.05) is 39.3 Å². The van der Waals surface area contributed by atoms with Gasteiger partial charge >= 0.3 is 0 Å². The fourth-order valence-electron chi connectivity index (χ4n) is 3.30. The number of likely N-dealkylation sites (tertiary alicyclic amines) is 1. The summed E-state index contributed by atoms with van der Waals surface area (Å²) in [4.78, 5) is 18.8. The lowest BCUT2D eigenvalue weighted by Gasteiger charge is -2.32. The normalized spacial score (nSPS) is 16.2. The highest BCUT2D eigenvalue weighted by Gasteiger charge is 2.21. The lowest BCUT2D eigenvalue weighted by atomic mass is 10.1. The average Bonchev–Trinajstić information content (AvgIpc) is 2.72. The zero-order valence-electron chi connectivity index (χ0n) is 18.8. The van der Waals surface area contributed by atoms with Crippen LogP contribution in [-0.2, 0) is 4.79 Å². The lowest BCUT2D eigenvalue weighted by Crippen LogP contribution is -2.50. The molecule has 7 nitrogen and oxygen atoms in total. The summed E-state index contributed by atoms with van der Waals surface area (Å²) in [5.41, 5.74) is 0. The van der Waals surface area contributed by atoms with E-state index in [4.69, 9.17) is 16.3 Å². The number of guanidine groups is 1. The van der Waals surface area contributed by atoms with Crippen molar-refractivity contribution in [1.29, 1.82) is 0 Å². The van der Waals surface area contributed by atoms with Crippen LogP contribution in [0.5, 0.6) is 5.75 Å².